The summed E-state index contributed by atoms with van der Waals surface area (Å²) in [7, 11) is 0. The maximum atomic E-state index is 5.50. The fourth-order valence-corrected chi connectivity index (χ4v) is 0.819. The van der Waals surface area contributed by atoms with E-state index in [2.05, 4.69) is 11.7 Å². The number of rotatable bonds is 2. The first-order chi connectivity index (χ1) is 4.36. The highest BCUT2D eigenvalue weighted by atomic mass is 35.5. The van der Waals surface area contributed by atoms with E-state index in [1.54, 1.807) is 6.08 Å². The number of hydrogen-bond donors (Lipinski definition) is 0. The fourth-order valence-electron chi connectivity index (χ4n) is 0.653. The smallest absolute Gasteiger partial charge is 0.146 e. The van der Waals surface area contributed by atoms with E-state index in [1.165, 1.54) is 0 Å². The van der Waals surface area contributed by atoms with E-state index in [0.717, 1.165) is 12.1 Å². The molecule has 0 bridgehead atoms. The van der Waals surface area contributed by atoms with Crippen molar-refractivity contribution in [2.75, 3.05) is 5.88 Å². The third-order valence-corrected chi connectivity index (χ3v) is 1.51. The maximum absolute atomic E-state index is 5.50. The van der Waals surface area contributed by atoms with E-state index in [0.29, 0.717) is 5.88 Å². The van der Waals surface area contributed by atoms with Gasteiger partial charge in [0.15, 0.2) is 0 Å². The van der Waals surface area contributed by atoms with Crippen molar-refractivity contribution in [2.45, 2.75) is 12.5 Å². The zero-order valence-corrected chi connectivity index (χ0v) is 5.77. The molecule has 1 unspecified atom stereocenters. The van der Waals surface area contributed by atoms with Crippen molar-refractivity contribution in [1.82, 2.24) is 0 Å². The second-order valence-electron chi connectivity index (χ2n) is 1.87. The molecule has 0 fully saturated rings. The van der Waals surface area contributed by atoms with Crippen LogP contribution in [0.1, 0.15) is 6.42 Å². The van der Waals surface area contributed by atoms with Crippen LogP contribution in [-0.2, 0) is 4.84 Å². The second kappa shape index (κ2) is 2.87. The Hall–Kier alpha value is -0.500. The molecule has 0 aromatic heterocycles. The van der Waals surface area contributed by atoms with Crippen LogP contribution in [0, 0.1) is 0 Å². The summed E-state index contributed by atoms with van der Waals surface area (Å²) >= 11 is 5.50. The molecule has 9 heavy (non-hydrogen) atoms. The van der Waals surface area contributed by atoms with E-state index in [9.17, 15) is 0 Å². The van der Waals surface area contributed by atoms with E-state index >= 15 is 0 Å². The van der Waals surface area contributed by atoms with Gasteiger partial charge in [-0.1, -0.05) is 11.7 Å². The van der Waals surface area contributed by atoms with Crippen molar-refractivity contribution in [3.63, 3.8) is 0 Å². The number of allylic oxidation sites excluding steroid dienone is 1. The molecule has 1 heterocycles. The predicted molar refractivity (Wildman–Crippen MR) is 37.8 cm³/mol. The minimum Gasteiger partial charge on any atom is -0.391 e. The monoisotopic (exact) mass is 145 g/mol. The van der Waals surface area contributed by atoms with Crippen LogP contribution in [0.25, 0.3) is 0 Å². The molecule has 0 aromatic rings. The second-order valence-corrected chi connectivity index (χ2v) is 2.18. The first kappa shape index (κ1) is 6.62. The van der Waals surface area contributed by atoms with Gasteiger partial charge in [-0.3, -0.25) is 0 Å². The minimum atomic E-state index is 0.0691. The molecule has 1 aliphatic heterocycles. The van der Waals surface area contributed by atoms with Crippen LogP contribution in [0.15, 0.2) is 17.8 Å². The van der Waals surface area contributed by atoms with E-state index in [-0.39, 0.29) is 6.10 Å². The molecule has 0 amide bonds. The Morgan fingerprint density at radius 2 is 2.78 bits per heavy atom. The van der Waals surface area contributed by atoms with Crippen LogP contribution < -0.4 is 0 Å². The standard InChI is InChI=1S/C6H8ClNO/c1-2-5-3-6(4-7)9-8-5/h2,6H,1,3-4H2. The molecular formula is C6H8ClNO. The lowest BCUT2D eigenvalue weighted by Crippen LogP contribution is -2.07. The van der Waals surface area contributed by atoms with Gasteiger partial charge in [0, 0.05) is 6.42 Å². The van der Waals surface area contributed by atoms with Crippen molar-refractivity contribution in [1.29, 1.82) is 0 Å². The van der Waals surface area contributed by atoms with Crippen molar-refractivity contribution in [3.8, 4) is 0 Å². The molecule has 0 aliphatic carbocycles. The summed E-state index contributed by atoms with van der Waals surface area (Å²) in [5, 5.41) is 3.72. The van der Waals surface area contributed by atoms with Crippen LogP contribution in [0.4, 0.5) is 0 Å². The lowest BCUT2D eigenvalue weighted by atomic mass is 10.2. The summed E-state index contributed by atoms with van der Waals surface area (Å²) in [4.78, 5) is 4.89. The van der Waals surface area contributed by atoms with Gasteiger partial charge < -0.3 is 4.84 Å². The summed E-state index contributed by atoms with van der Waals surface area (Å²) < 4.78 is 0. The van der Waals surface area contributed by atoms with Crippen molar-refractivity contribution < 1.29 is 4.84 Å². The molecule has 50 valence electrons. The largest absolute Gasteiger partial charge is 0.391 e. The normalized spacial score (nSPS) is 25.0. The van der Waals surface area contributed by atoms with Gasteiger partial charge in [-0.15, -0.1) is 11.6 Å². The molecule has 0 saturated carbocycles. The average Bonchev–Trinajstić information content (AvgIpc) is 2.34. The Balaban J connectivity index is 2.39. The van der Waals surface area contributed by atoms with Crippen LogP contribution in [0.3, 0.4) is 0 Å². The average molecular weight is 146 g/mol. The van der Waals surface area contributed by atoms with Crippen LogP contribution in [0.5, 0.6) is 0 Å². The molecule has 2 nitrogen and oxygen atoms in total. The highest BCUT2D eigenvalue weighted by molar-refractivity contribution is 6.18. The molecular weight excluding hydrogens is 138 g/mol. The minimum absolute atomic E-state index is 0.0691. The number of nitrogens with zero attached hydrogens (tertiary/aromatic N) is 1. The summed E-state index contributed by atoms with van der Waals surface area (Å²) in [6.45, 7) is 3.56. The van der Waals surface area contributed by atoms with Crippen LogP contribution >= 0.6 is 11.6 Å². The van der Waals surface area contributed by atoms with Gasteiger partial charge in [0.05, 0.1) is 11.6 Å². The first-order valence-corrected chi connectivity index (χ1v) is 3.31. The number of hydrogen-bond acceptors (Lipinski definition) is 2. The van der Waals surface area contributed by atoms with Crippen molar-refractivity contribution >= 4 is 17.3 Å². The van der Waals surface area contributed by atoms with Gasteiger partial charge in [-0.05, 0) is 6.08 Å². The zero-order chi connectivity index (χ0) is 6.69. The van der Waals surface area contributed by atoms with Gasteiger partial charge in [0.1, 0.15) is 6.10 Å². The molecule has 0 saturated heterocycles. The van der Waals surface area contributed by atoms with E-state index in [1.807, 2.05) is 0 Å². The topological polar surface area (TPSA) is 21.6 Å². The molecule has 0 N–H and O–H groups in total. The Bertz CT molecular complexity index is 144. The Labute approximate surface area is 59.1 Å². The fraction of sp³-hybridized carbons (Fsp3) is 0.500. The predicted octanol–water partition coefficient (Wildman–Crippen LogP) is 1.56. The van der Waals surface area contributed by atoms with Crippen LogP contribution in [0.2, 0.25) is 0 Å². The summed E-state index contributed by atoms with van der Waals surface area (Å²) in [5.74, 6) is 0.501. The van der Waals surface area contributed by atoms with Crippen molar-refractivity contribution in [2.24, 2.45) is 5.16 Å². The summed E-state index contributed by atoms with van der Waals surface area (Å²) in [6, 6.07) is 0. The van der Waals surface area contributed by atoms with Gasteiger partial charge in [-0.2, -0.15) is 0 Å². The Kier molecular flexibility index (Phi) is 2.11. The Morgan fingerprint density at radius 3 is 3.11 bits per heavy atom. The number of oxime groups is 1. The summed E-state index contributed by atoms with van der Waals surface area (Å²) in [5.41, 5.74) is 0.889. The summed E-state index contributed by atoms with van der Waals surface area (Å²) in [6.07, 6.45) is 2.55. The quantitative estimate of drug-likeness (QED) is 0.541. The molecule has 1 atom stereocenters. The SMILES string of the molecule is C=CC1=NOC(CCl)C1. The third-order valence-electron chi connectivity index (χ3n) is 1.16. The first-order valence-electron chi connectivity index (χ1n) is 2.78. The van der Waals surface area contributed by atoms with Crippen LogP contribution in [-0.4, -0.2) is 17.7 Å². The zero-order valence-electron chi connectivity index (χ0n) is 5.01. The maximum Gasteiger partial charge on any atom is 0.146 e. The molecule has 3 heteroatoms. The van der Waals surface area contributed by atoms with Gasteiger partial charge in [-0.25, -0.2) is 0 Å². The Morgan fingerprint density at radius 1 is 2.00 bits per heavy atom. The van der Waals surface area contributed by atoms with Gasteiger partial charge >= 0.3 is 0 Å². The third kappa shape index (κ3) is 1.45. The highest BCUT2D eigenvalue weighted by Gasteiger charge is 2.16. The molecule has 1 aliphatic rings. The van der Waals surface area contributed by atoms with E-state index < -0.39 is 0 Å². The van der Waals surface area contributed by atoms with Gasteiger partial charge in [0.2, 0.25) is 0 Å². The highest BCUT2D eigenvalue weighted by Crippen LogP contribution is 2.11. The molecule has 0 radical (unpaired) electrons. The number of alkyl halides is 1. The molecule has 0 aromatic carbocycles. The number of halogens is 1. The van der Waals surface area contributed by atoms with Crippen molar-refractivity contribution in [3.05, 3.63) is 12.7 Å². The lowest BCUT2D eigenvalue weighted by Gasteiger charge is -1.98. The van der Waals surface area contributed by atoms with E-state index in [4.69, 9.17) is 16.4 Å². The molecule has 1 rings (SSSR count). The molecule has 0 spiro atoms. The van der Waals surface area contributed by atoms with Gasteiger partial charge in [0.25, 0.3) is 0 Å². The lowest BCUT2D eigenvalue weighted by molar-refractivity contribution is 0.102.